The molecule has 1 aromatic heterocycles. The lowest BCUT2D eigenvalue weighted by Gasteiger charge is -2.43. The first-order chi connectivity index (χ1) is 15.3. The number of hydrogen-bond donors (Lipinski definition) is 1. The van der Waals surface area contributed by atoms with Crippen LogP contribution in [0, 0.1) is 23.7 Å². The summed E-state index contributed by atoms with van der Waals surface area (Å²) in [6.45, 7) is 6.29. The average Bonchev–Trinajstić information content (AvgIpc) is 3.18. The molecule has 0 saturated heterocycles. The summed E-state index contributed by atoms with van der Waals surface area (Å²) < 4.78 is 0. The van der Waals surface area contributed by atoms with Gasteiger partial charge < -0.3 is 5.73 Å². The van der Waals surface area contributed by atoms with Gasteiger partial charge in [0.2, 0.25) is 0 Å². The van der Waals surface area contributed by atoms with Crippen LogP contribution in [0.5, 0.6) is 0 Å². The van der Waals surface area contributed by atoms with E-state index in [0.29, 0.717) is 17.8 Å². The minimum absolute atomic E-state index is 0.109. The monoisotopic (exact) mass is 439 g/mol. The van der Waals surface area contributed by atoms with Crippen LogP contribution in [0.2, 0.25) is 0 Å². The summed E-state index contributed by atoms with van der Waals surface area (Å²) in [5.41, 5.74) is 9.61. The Kier molecular flexibility index (Phi) is 4.72. The summed E-state index contributed by atoms with van der Waals surface area (Å²) in [5.74, 6) is 0.130. The predicted molar refractivity (Wildman–Crippen MR) is 130 cm³/mol. The molecule has 0 radical (unpaired) electrons. The number of anilines is 1. The number of benzene rings is 2. The molecule has 2 aliphatic rings. The Morgan fingerprint density at radius 3 is 2.56 bits per heavy atom. The molecule has 2 heterocycles. The number of ketones is 1. The summed E-state index contributed by atoms with van der Waals surface area (Å²) in [4.78, 5) is 17.7. The van der Waals surface area contributed by atoms with Crippen LogP contribution in [0.15, 0.2) is 77.3 Å². The molecule has 1 unspecified atom stereocenters. The van der Waals surface area contributed by atoms with Crippen molar-refractivity contribution >= 4 is 33.6 Å². The van der Waals surface area contributed by atoms with E-state index in [4.69, 9.17) is 5.73 Å². The fraction of sp³-hybridized carbons (Fsp3) is 0.259. The molecule has 5 heteroatoms. The SMILES string of the molecule is Cc1ccc(C2C(C#N)=C(N)N(c3cccc4ccccc34)C3=C2C(=O)CC(C)(C)C3)s1. The Bertz CT molecular complexity index is 1360. The number of carbonyl (C=O) groups is 1. The first-order valence-electron chi connectivity index (χ1n) is 10.8. The molecule has 0 saturated carbocycles. The third-order valence-corrected chi connectivity index (χ3v) is 7.50. The molecule has 1 aliphatic carbocycles. The molecule has 0 bridgehead atoms. The first-order valence-corrected chi connectivity index (χ1v) is 11.6. The largest absolute Gasteiger partial charge is 0.384 e. The molecule has 0 fully saturated rings. The number of thiophene rings is 1. The Balaban J connectivity index is 1.83. The van der Waals surface area contributed by atoms with Gasteiger partial charge in [-0.05, 0) is 42.3 Å². The average molecular weight is 440 g/mol. The number of nitriles is 1. The maximum atomic E-state index is 13.6. The third-order valence-electron chi connectivity index (χ3n) is 6.43. The van der Waals surface area contributed by atoms with Crippen molar-refractivity contribution in [2.24, 2.45) is 11.1 Å². The number of rotatable bonds is 2. The number of carbonyl (C=O) groups excluding carboxylic acids is 1. The van der Waals surface area contributed by atoms with Crippen molar-refractivity contribution in [2.75, 3.05) is 4.90 Å². The maximum Gasteiger partial charge on any atom is 0.162 e. The number of hydrogen-bond acceptors (Lipinski definition) is 5. The molecule has 1 aliphatic heterocycles. The second kappa shape index (κ2) is 7.36. The van der Waals surface area contributed by atoms with Gasteiger partial charge in [-0.1, -0.05) is 50.2 Å². The summed E-state index contributed by atoms with van der Waals surface area (Å²) in [7, 11) is 0. The number of nitrogens with zero attached hydrogens (tertiary/aromatic N) is 2. The van der Waals surface area contributed by atoms with Gasteiger partial charge in [0.15, 0.2) is 5.78 Å². The van der Waals surface area contributed by atoms with E-state index < -0.39 is 5.92 Å². The first kappa shape index (κ1) is 20.5. The highest BCUT2D eigenvalue weighted by Gasteiger charge is 2.45. The van der Waals surface area contributed by atoms with Gasteiger partial charge in [-0.15, -0.1) is 11.3 Å². The van der Waals surface area contributed by atoms with Gasteiger partial charge in [0.1, 0.15) is 5.82 Å². The van der Waals surface area contributed by atoms with Crippen LogP contribution in [0.1, 0.15) is 42.4 Å². The molecule has 0 spiro atoms. The second-order valence-corrected chi connectivity index (χ2v) is 10.7. The zero-order valence-electron chi connectivity index (χ0n) is 18.5. The fourth-order valence-electron chi connectivity index (χ4n) is 5.08. The Labute approximate surface area is 192 Å². The zero-order valence-corrected chi connectivity index (χ0v) is 19.3. The van der Waals surface area contributed by atoms with E-state index in [2.05, 4.69) is 38.1 Å². The molecule has 3 aromatic rings. The summed E-state index contributed by atoms with van der Waals surface area (Å²) in [5, 5.41) is 12.4. The van der Waals surface area contributed by atoms with E-state index in [0.717, 1.165) is 43.9 Å². The van der Waals surface area contributed by atoms with Crippen molar-refractivity contribution in [3.63, 3.8) is 0 Å². The van der Waals surface area contributed by atoms with Gasteiger partial charge in [0.25, 0.3) is 0 Å². The summed E-state index contributed by atoms with van der Waals surface area (Å²) in [6, 6.07) is 20.7. The normalized spacial score (nSPS) is 20.5. The van der Waals surface area contributed by atoms with Gasteiger partial charge >= 0.3 is 0 Å². The third kappa shape index (κ3) is 3.14. The van der Waals surface area contributed by atoms with Gasteiger partial charge in [0.05, 0.1) is 23.2 Å². The highest BCUT2D eigenvalue weighted by molar-refractivity contribution is 7.12. The van der Waals surface area contributed by atoms with Crippen LogP contribution in [-0.2, 0) is 4.79 Å². The van der Waals surface area contributed by atoms with Crippen LogP contribution < -0.4 is 10.6 Å². The lowest BCUT2D eigenvalue weighted by molar-refractivity contribution is -0.118. The Hall–Kier alpha value is -3.36. The van der Waals surface area contributed by atoms with E-state index in [9.17, 15) is 10.1 Å². The summed E-state index contributed by atoms with van der Waals surface area (Å²) in [6.07, 6.45) is 1.19. The Morgan fingerprint density at radius 2 is 1.84 bits per heavy atom. The van der Waals surface area contributed by atoms with Gasteiger partial charge in [0, 0.05) is 32.8 Å². The number of fused-ring (bicyclic) bond motifs is 1. The number of allylic oxidation sites excluding steroid dienone is 3. The van der Waals surface area contributed by atoms with E-state index in [-0.39, 0.29) is 11.2 Å². The number of nitrogens with two attached hydrogens (primary N) is 1. The summed E-state index contributed by atoms with van der Waals surface area (Å²) >= 11 is 1.63. The van der Waals surface area contributed by atoms with E-state index in [1.807, 2.05) is 48.2 Å². The molecular formula is C27H25N3OS. The molecule has 32 heavy (non-hydrogen) atoms. The van der Waals surface area contributed by atoms with E-state index in [1.54, 1.807) is 11.3 Å². The van der Waals surface area contributed by atoms with Crippen LogP contribution in [0.4, 0.5) is 5.69 Å². The fourth-order valence-corrected chi connectivity index (χ4v) is 6.08. The van der Waals surface area contributed by atoms with Gasteiger partial charge in [-0.25, -0.2) is 0 Å². The Morgan fingerprint density at radius 1 is 1.09 bits per heavy atom. The quantitative estimate of drug-likeness (QED) is 0.520. The number of Topliss-reactive ketones (excluding diaryl/α,β-unsaturated/α-hetero) is 1. The minimum atomic E-state index is -0.400. The van der Waals surface area contributed by atoms with Gasteiger partial charge in [-0.3, -0.25) is 9.69 Å². The molecule has 160 valence electrons. The van der Waals surface area contributed by atoms with Crippen molar-refractivity contribution in [1.29, 1.82) is 5.26 Å². The second-order valence-electron chi connectivity index (χ2n) is 9.43. The molecule has 2 N–H and O–H groups in total. The topological polar surface area (TPSA) is 70.1 Å². The maximum absolute atomic E-state index is 13.6. The molecular weight excluding hydrogens is 414 g/mol. The molecule has 1 atom stereocenters. The van der Waals surface area contributed by atoms with Crippen molar-refractivity contribution in [3.8, 4) is 6.07 Å². The van der Waals surface area contributed by atoms with Crippen molar-refractivity contribution in [1.82, 2.24) is 0 Å². The van der Waals surface area contributed by atoms with Crippen LogP contribution >= 0.6 is 11.3 Å². The lowest BCUT2D eigenvalue weighted by atomic mass is 9.69. The highest BCUT2D eigenvalue weighted by atomic mass is 32.1. The highest BCUT2D eigenvalue weighted by Crippen LogP contribution is 2.51. The molecule has 4 nitrogen and oxygen atoms in total. The lowest BCUT2D eigenvalue weighted by Crippen LogP contribution is -2.42. The molecule has 2 aromatic carbocycles. The standard InChI is InChI=1S/C27H25N3OS/c1-16-11-12-23(32-16)24-19(15-28)26(29)30(21-13-27(2,3)14-22(31)25(21)24)20-10-6-8-17-7-4-5-9-18(17)20/h4-12,24H,13-14,29H2,1-3H3. The van der Waals surface area contributed by atoms with Crippen molar-refractivity contribution < 1.29 is 4.79 Å². The van der Waals surface area contributed by atoms with Gasteiger partial charge in [-0.2, -0.15) is 5.26 Å². The predicted octanol–water partition coefficient (Wildman–Crippen LogP) is 6.15. The van der Waals surface area contributed by atoms with Crippen molar-refractivity contribution in [2.45, 2.75) is 39.5 Å². The van der Waals surface area contributed by atoms with Crippen LogP contribution in [-0.4, -0.2) is 5.78 Å². The zero-order chi connectivity index (χ0) is 22.6. The van der Waals surface area contributed by atoms with Crippen LogP contribution in [0.25, 0.3) is 10.8 Å². The smallest absolute Gasteiger partial charge is 0.162 e. The minimum Gasteiger partial charge on any atom is -0.384 e. The van der Waals surface area contributed by atoms with E-state index in [1.165, 1.54) is 0 Å². The molecule has 5 rings (SSSR count). The molecule has 0 amide bonds. The van der Waals surface area contributed by atoms with E-state index >= 15 is 0 Å². The number of aryl methyl sites for hydroxylation is 1. The van der Waals surface area contributed by atoms with Crippen LogP contribution in [0.3, 0.4) is 0 Å². The van der Waals surface area contributed by atoms with Crippen molar-refractivity contribution in [3.05, 3.63) is 87.0 Å².